The van der Waals surface area contributed by atoms with Crippen molar-refractivity contribution in [3.63, 3.8) is 0 Å². The van der Waals surface area contributed by atoms with Crippen molar-refractivity contribution in [3.05, 3.63) is 82.0 Å². The Morgan fingerprint density at radius 3 is 2.47 bits per heavy atom. The summed E-state index contributed by atoms with van der Waals surface area (Å²) in [5.74, 6) is -0.837. The number of pyridine rings is 1. The number of hydrogen-bond donors (Lipinski definition) is 1. The molecule has 0 radical (unpaired) electrons. The fourth-order valence-electron chi connectivity index (χ4n) is 3.21. The van der Waals surface area contributed by atoms with Gasteiger partial charge in [-0.1, -0.05) is 24.3 Å². The largest absolute Gasteiger partial charge is 0.465 e. The van der Waals surface area contributed by atoms with Crippen LogP contribution in [0.5, 0.6) is 0 Å². The van der Waals surface area contributed by atoms with Crippen LogP contribution in [0.4, 0.5) is 5.69 Å². The van der Waals surface area contributed by atoms with E-state index in [1.807, 2.05) is 32.0 Å². The van der Waals surface area contributed by atoms with Gasteiger partial charge in [-0.05, 0) is 61.7 Å². The Kier molecular flexibility index (Phi) is 5.93. The molecule has 0 bridgehead atoms. The van der Waals surface area contributed by atoms with Crippen LogP contribution in [-0.2, 0) is 4.74 Å². The number of aromatic nitrogens is 1. The molecule has 0 aliphatic heterocycles. The molecular weight excluding hydrogens is 378 g/mol. The minimum absolute atomic E-state index is 0.275. The normalized spacial score (nSPS) is 10.2. The minimum atomic E-state index is -0.461. The van der Waals surface area contributed by atoms with Crippen molar-refractivity contribution in [2.24, 2.45) is 0 Å². The topological polar surface area (TPSA) is 92.1 Å². The summed E-state index contributed by atoms with van der Waals surface area (Å²) in [5.41, 5.74) is 5.26. The average molecular weight is 399 g/mol. The van der Waals surface area contributed by atoms with Gasteiger partial charge in [0, 0.05) is 11.3 Å². The second-order valence-electron chi connectivity index (χ2n) is 6.93. The first-order valence-corrected chi connectivity index (χ1v) is 9.33. The zero-order chi connectivity index (χ0) is 21.8. The number of ether oxygens (including phenoxy) is 1. The molecule has 3 aromatic rings. The molecule has 0 saturated heterocycles. The summed E-state index contributed by atoms with van der Waals surface area (Å²) in [6.45, 7) is 5.43. The molecule has 0 spiro atoms. The first kappa shape index (κ1) is 20.7. The second kappa shape index (κ2) is 8.58. The highest BCUT2D eigenvalue weighted by molar-refractivity contribution is 6.06. The lowest BCUT2D eigenvalue weighted by Crippen LogP contribution is -2.18. The van der Waals surface area contributed by atoms with E-state index < -0.39 is 5.97 Å². The van der Waals surface area contributed by atoms with E-state index in [-0.39, 0.29) is 11.6 Å². The van der Waals surface area contributed by atoms with Gasteiger partial charge in [0.05, 0.1) is 30.0 Å². The number of anilines is 1. The molecule has 1 heterocycles. The summed E-state index contributed by atoms with van der Waals surface area (Å²) in [6, 6.07) is 16.2. The van der Waals surface area contributed by atoms with Crippen molar-refractivity contribution in [2.75, 3.05) is 12.4 Å². The smallest absolute Gasteiger partial charge is 0.338 e. The fourth-order valence-corrected chi connectivity index (χ4v) is 3.21. The molecule has 0 fully saturated rings. The molecule has 30 heavy (non-hydrogen) atoms. The Morgan fingerprint density at radius 2 is 1.77 bits per heavy atom. The SMILES string of the molecule is COC(=O)c1ccc(C)c(NC(=O)c2nc(-c3cccc(C#N)c3)ccc2C)c1C. The lowest BCUT2D eigenvalue weighted by molar-refractivity contribution is 0.0599. The predicted octanol–water partition coefficient (Wildman–Crippen LogP) is 4.58. The van der Waals surface area contributed by atoms with E-state index in [0.717, 1.165) is 11.1 Å². The molecule has 1 amide bonds. The molecule has 3 rings (SSSR count). The predicted molar refractivity (Wildman–Crippen MR) is 114 cm³/mol. The van der Waals surface area contributed by atoms with Crippen LogP contribution in [0.2, 0.25) is 0 Å². The number of nitriles is 1. The van der Waals surface area contributed by atoms with E-state index in [4.69, 9.17) is 10.00 Å². The summed E-state index contributed by atoms with van der Waals surface area (Å²) in [6.07, 6.45) is 0. The summed E-state index contributed by atoms with van der Waals surface area (Å²) in [4.78, 5) is 29.6. The quantitative estimate of drug-likeness (QED) is 0.648. The molecule has 0 aliphatic carbocycles. The van der Waals surface area contributed by atoms with E-state index in [1.165, 1.54) is 7.11 Å². The number of carbonyl (C=O) groups is 2. The van der Waals surface area contributed by atoms with Gasteiger partial charge >= 0.3 is 5.97 Å². The third kappa shape index (κ3) is 4.06. The third-order valence-electron chi connectivity index (χ3n) is 4.92. The molecule has 2 aromatic carbocycles. The number of hydrogen-bond acceptors (Lipinski definition) is 5. The average Bonchev–Trinajstić information content (AvgIpc) is 2.76. The van der Waals surface area contributed by atoms with Crippen LogP contribution in [-0.4, -0.2) is 24.0 Å². The standard InChI is InChI=1S/C24H21N3O3/c1-14-8-10-19(24(29)30-4)16(3)21(14)27-23(28)22-15(2)9-11-20(26-22)18-7-5-6-17(12-18)13-25/h5-12H,1-4H3,(H,27,28). The van der Waals surface area contributed by atoms with Crippen molar-refractivity contribution < 1.29 is 14.3 Å². The lowest BCUT2D eigenvalue weighted by Gasteiger charge is -2.15. The maximum absolute atomic E-state index is 13.1. The van der Waals surface area contributed by atoms with Gasteiger partial charge in [-0.3, -0.25) is 4.79 Å². The molecule has 150 valence electrons. The van der Waals surface area contributed by atoms with Gasteiger partial charge in [0.2, 0.25) is 0 Å². The second-order valence-corrected chi connectivity index (χ2v) is 6.93. The first-order chi connectivity index (χ1) is 14.3. The molecular formula is C24H21N3O3. The van der Waals surface area contributed by atoms with Crippen molar-refractivity contribution in [2.45, 2.75) is 20.8 Å². The van der Waals surface area contributed by atoms with Gasteiger partial charge in [0.15, 0.2) is 0 Å². The third-order valence-corrected chi connectivity index (χ3v) is 4.92. The number of nitrogens with one attached hydrogen (secondary N) is 1. The number of amides is 1. The van der Waals surface area contributed by atoms with E-state index in [2.05, 4.69) is 16.4 Å². The van der Waals surface area contributed by atoms with E-state index in [0.29, 0.717) is 33.6 Å². The number of benzene rings is 2. The maximum Gasteiger partial charge on any atom is 0.338 e. The molecule has 1 N–H and O–H groups in total. The summed E-state index contributed by atoms with van der Waals surface area (Å²) < 4.78 is 4.82. The molecule has 0 atom stereocenters. The maximum atomic E-state index is 13.1. The number of rotatable bonds is 4. The van der Waals surface area contributed by atoms with Gasteiger partial charge in [-0.25, -0.2) is 9.78 Å². The minimum Gasteiger partial charge on any atom is -0.465 e. The molecule has 0 unspecified atom stereocenters. The highest BCUT2D eigenvalue weighted by atomic mass is 16.5. The molecule has 6 heteroatoms. The van der Waals surface area contributed by atoms with Crippen LogP contribution < -0.4 is 5.32 Å². The van der Waals surface area contributed by atoms with Crippen LogP contribution in [0.3, 0.4) is 0 Å². The van der Waals surface area contributed by atoms with Crippen molar-refractivity contribution >= 4 is 17.6 Å². The van der Waals surface area contributed by atoms with Crippen LogP contribution >= 0.6 is 0 Å². The van der Waals surface area contributed by atoms with Gasteiger partial charge < -0.3 is 10.1 Å². The Morgan fingerprint density at radius 1 is 1.03 bits per heavy atom. The number of carbonyl (C=O) groups excluding carboxylic acids is 2. The molecule has 1 aromatic heterocycles. The van der Waals surface area contributed by atoms with Crippen LogP contribution in [0.25, 0.3) is 11.3 Å². The van der Waals surface area contributed by atoms with Crippen LogP contribution in [0.15, 0.2) is 48.5 Å². The van der Waals surface area contributed by atoms with E-state index >= 15 is 0 Å². The highest BCUT2D eigenvalue weighted by Crippen LogP contribution is 2.26. The van der Waals surface area contributed by atoms with Crippen LogP contribution in [0, 0.1) is 32.1 Å². The van der Waals surface area contributed by atoms with Crippen molar-refractivity contribution in [3.8, 4) is 17.3 Å². The van der Waals surface area contributed by atoms with Gasteiger partial charge in [-0.2, -0.15) is 5.26 Å². The summed E-state index contributed by atoms with van der Waals surface area (Å²) in [7, 11) is 1.32. The zero-order valence-corrected chi connectivity index (χ0v) is 17.2. The Hall–Kier alpha value is -3.98. The van der Waals surface area contributed by atoms with Crippen LogP contribution in [0.1, 0.15) is 43.1 Å². The molecule has 0 aliphatic rings. The van der Waals surface area contributed by atoms with Gasteiger partial charge in [0.25, 0.3) is 5.91 Å². The lowest BCUT2D eigenvalue weighted by atomic mass is 10.0. The van der Waals surface area contributed by atoms with E-state index in [9.17, 15) is 9.59 Å². The number of methoxy groups -OCH3 is 1. The number of nitrogens with zero attached hydrogens (tertiary/aromatic N) is 2. The first-order valence-electron chi connectivity index (χ1n) is 9.33. The molecule has 0 saturated carbocycles. The van der Waals surface area contributed by atoms with Crippen molar-refractivity contribution in [1.82, 2.24) is 4.98 Å². The Labute approximate surface area is 175 Å². The monoisotopic (exact) mass is 399 g/mol. The summed E-state index contributed by atoms with van der Waals surface area (Å²) >= 11 is 0. The van der Waals surface area contributed by atoms with Gasteiger partial charge in [-0.15, -0.1) is 0 Å². The fraction of sp³-hybridized carbons (Fsp3) is 0.167. The molecule has 6 nitrogen and oxygen atoms in total. The zero-order valence-electron chi connectivity index (χ0n) is 17.2. The Bertz CT molecular complexity index is 1190. The Balaban J connectivity index is 1.99. The van der Waals surface area contributed by atoms with Crippen molar-refractivity contribution in [1.29, 1.82) is 5.26 Å². The number of aryl methyl sites for hydroxylation is 2. The van der Waals surface area contributed by atoms with E-state index in [1.54, 1.807) is 37.3 Å². The van der Waals surface area contributed by atoms with Gasteiger partial charge in [0.1, 0.15) is 5.69 Å². The highest BCUT2D eigenvalue weighted by Gasteiger charge is 2.18. The number of esters is 1. The summed E-state index contributed by atoms with van der Waals surface area (Å²) in [5, 5.41) is 12.0.